The Bertz CT molecular complexity index is 881. The zero-order valence-electron chi connectivity index (χ0n) is 17.4. The number of hydrogen-bond acceptors (Lipinski definition) is 2. The fraction of sp³-hybridized carbons (Fsp3) is 0.478. The second-order valence-electron chi connectivity index (χ2n) is 8.29. The van der Waals surface area contributed by atoms with Crippen LogP contribution in [0.4, 0.5) is 13.2 Å². The molecule has 28 heavy (non-hydrogen) atoms. The molecule has 0 aromatic heterocycles. The Labute approximate surface area is 165 Å². The van der Waals surface area contributed by atoms with Gasteiger partial charge in [0.15, 0.2) is 5.60 Å². The van der Waals surface area contributed by atoms with Gasteiger partial charge >= 0.3 is 6.18 Å². The third-order valence-corrected chi connectivity index (χ3v) is 5.82. The van der Waals surface area contributed by atoms with Crippen molar-refractivity contribution in [1.29, 1.82) is 0 Å². The number of aliphatic hydroxyl groups is 1. The van der Waals surface area contributed by atoms with Gasteiger partial charge in [-0.25, -0.2) is 0 Å². The smallest absolute Gasteiger partial charge is 0.378 e. The Balaban J connectivity index is 2.59. The van der Waals surface area contributed by atoms with Crippen molar-refractivity contribution < 1.29 is 23.0 Å². The van der Waals surface area contributed by atoms with Crippen LogP contribution < -0.4 is 0 Å². The zero-order valence-corrected chi connectivity index (χ0v) is 17.4. The summed E-state index contributed by atoms with van der Waals surface area (Å²) >= 11 is 0. The van der Waals surface area contributed by atoms with Gasteiger partial charge in [-0.05, 0) is 69.0 Å². The van der Waals surface area contributed by atoms with E-state index in [2.05, 4.69) is 6.58 Å². The molecule has 0 spiro atoms. The third-order valence-electron chi connectivity index (χ3n) is 5.82. The Morgan fingerprint density at radius 2 is 1.68 bits per heavy atom. The summed E-state index contributed by atoms with van der Waals surface area (Å²) in [7, 11) is 0. The summed E-state index contributed by atoms with van der Waals surface area (Å²) < 4.78 is 46.4. The van der Waals surface area contributed by atoms with Gasteiger partial charge in [-0.15, -0.1) is 0 Å². The van der Waals surface area contributed by atoms with E-state index in [0.29, 0.717) is 6.42 Å². The topological polar surface area (TPSA) is 29.5 Å². The largest absolute Gasteiger partial charge is 0.419 e. The summed E-state index contributed by atoms with van der Waals surface area (Å²) in [5.74, 6) is 0. The molecule has 2 aromatic carbocycles. The number of hydrogen-bond donors (Lipinski definition) is 1. The molecule has 0 aliphatic carbocycles. The molecular weight excluding hydrogens is 365 g/mol. The number of benzene rings is 2. The zero-order chi connectivity index (χ0) is 21.5. The number of halogens is 3. The normalized spacial score (nSPS) is 17.2. The maximum Gasteiger partial charge on any atom is 0.419 e. The number of ether oxygens (including phenoxy) is 1. The van der Waals surface area contributed by atoms with Crippen LogP contribution >= 0.6 is 0 Å². The van der Waals surface area contributed by atoms with Crippen molar-refractivity contribution in [3.8, 4) is 0 Å². The van der Waals surface area contributed by atoms with Gasteiger partial charge in [0.05, 0.1) is 5.60 Å². The van der Waals surface area contributed by atoms with Crippen molar-refractivity contribution in [2.75, 3.05) is 0 Å². The second kappa shape index (κ2) is 7.20. The summed E-state index contributed by atoms with van der Waals surface area (Å²) in [4.78, 5) is 0. The van der Waals surface area contributed by atoms with Crippen molar-refractivity contribution in [2.24, 2.45) is 0 Å². The van der Waals surface area contributed by atoms with Gasteiger partial charge < -0.3 is 9.84 Å². The average molecular weight is 394 g/mol. The van der Waals surface area contributed by atoms with Crippen molar-refractivity contribution >= 4 is 16.3 Å². The lowest BCUT2D eigenvalue weighted by molar-refractivity contribution is -0.329. The SMILES string of the molecule is C=C(C)c1ccc2c(C(C)(CC)OC(C)(C)C(C)(O)C(F)(F)F)cccc2c1. The minimum absolute atomic E-state index is 0.436. The predicted octanol–water partition coefficient (Wildman–Crippen LogP) is 6.61. The van der Waals surface area contributed by atoms with E-state index in [0.717, 1.165) is 34.4 Å². The quantitative estimate of drug-likeness (QED) is 0.598. The lowest BCUT2D eigenvalue weighted by Crippen LogP contribution is -2.61. The molecule has 5 heteroatoms. The molecule has 0 heterocycles. The third kappa shape index (κ3) is 3.83. The van der Waals surface area contributed by atoms with E-state index in [1.165, 1.54) is 13.8 Å². The number of allylic oxidation sites excluding steroid dienone is 1. The second-order valence-corrected chi connectivity index (χ2v) is 8.29. The summed E-state index contributed by atoms with van der Waals surface area (Å²) in [6, 6.07) is 11.6. The molecule has 0 bridgehead atoms. The number of alkyl halides is 3. The van der Waals surface area contributed by atoms with E-state index < -0.39 is 23.0 Å². The van der Waals surface area contributed by atoms with Crippen LogP contribution in [0.5, 0.6) is 0 Å². The lowest BCUT2D eigenvalue weighted by Gasteiger charge is -2.46. The Morgan fingerprint density at radius 1 is 1.07 bits per heavy atom. The average Bonchev–Trinajstić information content (AvgIpc) is 2.59. The monoisotopic (exact) mass is 394 g/mol. The molecule has 2 rings (SSSR count). The first-order valence-electron chi connectivity index (χ1n) is 9.35. The van der Waals surface area contributed by atoms with Gasteiger partial charge in [-0.1, -0.05) is 49.4 Å². The van der Waals surface area contributed by atoms with Crippen molar-refractivity contribution in [3.05, 3.63) is 54.1 Å². The first-order chi connectivity index (χ1) is 12.7. The van der Waals surface area contributed by atoms with Crippen LogP contribution in [0.3, 0.4) is 0 Å². The van der Waals surface area contributed by atoms with Crippen LogP contribution in [0.25, 0.3) is 16.3 Å². The lowest BCUT2D eigenvalue weighted by atomic mass is 9.83. The summed E-state index contributed by atoms with van der Waals surface area (Å²) in [5.41, 5.74) is -3.17. The summed E-state index contributed by atoms with van der Waals surface area (Å²) in [5, 5.41) is 12.1. The molecule has 0 saturated carbocycles. The number of rotatable bonds is 6. The highest BCUT2D eigenvalue weighted by Crippen LogP contribution is 2.45. The van der Waals surface area contributed by atoms with Crippen LogP contribution in [0, 0.1) is 0 Å². The highest BCUT2D eigenvalue weighted by Gasteiger charge is 2.61. The summed E-state index contributed by atoms with van der Waals surface area (Å²) in [6.45, 7) is 12.8. The molecule has 2 unspecified atom stereocenters. The van der Waals surface area contributed by atoms with E-state index in [1.54, 1.807) is 6.92 Å². The van der Waals surface area contributed by atoms with Crippen molar-refractivity contribution in [2.45, 2.75) is 70.9 Å². The van der Waals surface area contributed by atoms with Gasteiger partial charge in [0.2, 0.25) is 0 Å². The first kappa shape index (κ1) is 22.4. The molecule has 2 atom stereocenters. The van der Waals surface area contributed by atoms with Gasteiger partial charge in [0, 0.05) is 0 Å². The fourth-order valence-electron chi connectivity index (χ4n) is 3.33. The minimum Gasteiger partial charge on any atom is -0.378 e. The van der Waals surface area contributed by atoms with Gasteiger partial charge in [0.1, 0.15) is 5.60 Å². The van der Waals surface area contributed by atoms with Crippen molar-refractivity contribution in [3.63, 3.8) is 0 Å². The summed E-state index contributed by atoms with van der Waals surface area (Å²) in [6.07, 6.45) is -4.38. The molecule has 0 saturated heterocycles. The molecule has 154 valence electrons. The molecule has 0 aliphatic rings. The predicted molar refractivity (Wildman–Crippen MR) is 108 cm³/mol. The molecule has 0 amide bonds. The van der Waals surface area contributed by atoms with Gasteiger partial charge in [0.25, 0.3) is 0 Å². The highest BCUT2D eigenvalue weighted by atomic mass is 19.4. The van der Waals surface area contributed by atoms with E-state index in [-0.39, 0.29) is 0 Å². The van der Waals surface area contributed by atoms with Crippen LogP contribution in [-0.2, 0) is 10.3 Å². The maximum absolute atomic E-state index is 13.4. The minimum atomic E-state index is -4.82. The molecule has 0 radical (unpaired) electrons. The van der Waals surface area contributed by atoms with E-state index >= 15 is 0 Å². The van der Waals surface area contributed by atoms with Gasteiger partial charge in [-0.3, -0.25) is 0 Å². The fourth-order valence-corrected chi connectivity index (χ4v) is 3.33. The Morgan fingerprint density at radius 3 is 2.18 bits per heavy atom. The van der Waals surface area contributed by atoms with Crippen LogP contribution in [0.15, 0.2) is 43.0 Å². The standard InChI is InChI=1S/C23H29F3O2/c1-8-21(6,28-20(4,5)22(7,27)23(24,25)26)19-11-9-10-17-14-16(15(2)3)12-13-18(17)19/h9-14,27H,2,8H2,1,3-7H3. The maximum atomic E-state index is 13.4. The Hall–Kier alpha value is -1.85. The molecule has 1 N–H and O–H groups in total. The van der Waals surface area contributed by atoms with Crippen LogP contribution in [0.1, 0.15) is 59.1 Å². The van der Waals surface area contributed by atoms with Crippen molar-refractivity contribution in [1.82, 2.24) is 0 Å². The van der Waals surface area contributed by atoms with Crippen LogP contribution in [-0.4, -0.2) is 22.5 Å². The molecule has 0 fully saturated rings. The first-order valence-corrected chi connectivity index (χ1v) is 9.35. The molecule has 2 aromatic rings. The highest BCUT2D eigenvalue weighted by molar-refractivity contribution is 5.89. The number of fused-ring (bicyclic) bond motifs is 1. The molecule has 2 nitrogen and oxygen atoms in total. The van der Waals surface area contributed by atoms with E-state index in [9.17, 15) is 18.3 Å². The van der Waals surface area contributed by atoms with Gasteiger partial charge in [-0.2, -0.15) is 13.2 Å². The molecular formula is C23H29F3O2. The molecule has 0 aliphatic heterocycles. The van der Waals surface area contributed by atoms with E-state index in [1.807, 2.05) is 50.2 Å². The Kier molecular flexibility index (Phi) is 5.77. The van der Waals surface area contributed by atoms with Crippen LogP contribution in [0.2, 0.25) is 0 Å². The van der Waals surface area contributed by atoms with E-state index in [4.69, 9.17) is 4.74 Å².